The first-order valence-electron chi connectivity index (χ1n) is 11.2. The quantitative estimate of drug-likeness (QED) is 0.358. The van der Waals surface area contributed by atoms with Crippen LogP contribution in [0.15, 0.2) is 29.0 Å². The molecular formula is C23H28BrClN4O2S. The monoisotopic (exact) mass is 538 g/mol. The van der Waals surface area contributed by atoms with Crippen LogP contribution in [-0.4, -0.2) is 28.9 Å². The highest BCUT2D eigenvalue weighted by Gasteiger charge is 2.31. The zero-order chi connectivity index (χ0) is 22.7. The van der Waals surface area contributed by atoms with Crippen molar-refractivity contribution < 1.29 is 9.59 Å². The number of pyridine rings is 1. The molecule has 2 fully saturated rings. The molecule has 0 saturated heterocycles. The van der Waals surface area contributed by atoms with E-state index in [0.717, 1.165) is 42.7 Å². The summed E-state index contributed by atoms with van der Waals surface area (Å²) in [6.45, 7) is 2.02. The largest absolute Gasteiger partial charge is 0.375 e. The molecule has 2 heterocycles. The summed E-state index contributed by atoms with van der Waals surface area (Å²) in [4.78, 5) is 31.6. The summed E-state index contributed by atoms with van der Waals surface area (Å²) in [5, 5.41) is 10.0. The van der Waals surface area contributed by atoms with E-state index in [1.807, 2.05) is 25.1 Å². The van der Waals surface area contributed by atoms with Crippen molar-refractivity contribution in [2.45, 2.75) is 70.0 Å². The fourth-order valence-corrected chi connectivity index (χ4v) is 5.51. The Labute approximate surface area is 206 Å². The van der Waals surface area contributed by atoms with Gasteiger partial charge >= 0.3 is 0 Å². The van der Waals surface area contributed by atoms with Gasteiger partial charge in [0, 0.05) is 17.1 Å². The Morgan fingerprint density at radius 3 is 2.72 bits per heavy atom. The molecule has 2 amide bonds. The minimum absolute atomic E-state index is 0.0365. The second kappa shape index (κ2) is 10.5. The van der Waals surface area contributed by atoms with Gasteiger partial charge in [0.2, 0.25) is 5.91 Å². The van der Waals surface area contributed by atoms with Gasteiger partial charge in [-0.25, -0.2) is 4.98 Å². The van der Waals surface area contributed by atoms with E-state index in [1.54, 1.807) is 6.20 Å². The predicted molar refractivity (Wildman–Crippen MR) is 132 cm³/mol. The molecule has 0 aliphatic heterocycles. The normalized spacial score (nSPS) is 18.2. The first-order valence-corrected chi connectivity index (χ1v) is 13.2. The summed E-state index contributed by atoms with van der Waals surface area (Å²) in [5.74, 6) is 0.281. The topological polar surface area (TPSA) is 83.1 Å². The molecule has 0 spiro atoms. The zero-order valence-corrected chi connectivity index (χ0v) is 21.2. The van der Waals surface area contributed by atoms with E-state index in [4.69, 9.17) is 11.6 Å². The second-order valence-electron chi connectivity index (χ2n) is 8.76. The lowest BCUT2D eigenvalue weighted by molar-refractivity contribution is -0.123. The molecule has 2 aliphatic rings. The molecule has 3 N–H and O–H groups in total. The Hall–Kier alpha value is -1.64. The van der Waals surface area contributed by atoms with Crippen molar-refractivity contribution in [3.05, 3.63) is 43.8 Å². The van der Waals surface area contributed by atoms with Crippen molar-refractivity contribution in [2.75, 3.05) is 5.32 Å². The molecule has 6 nitrogen and oxygen atoms in total. The van der Waals surface area contributed by atoms with Crippen LogP contribution in [0.3, 0.4) is 0 Å². The van der Waals surface area contributed by atoms with Crippen molar-refractivity contribution in [1.29, 1.82) is 0 Å². The van der Waals surface area contributed by atoms with E-state index >= 15 is 0 Å². The smallest absolute Gasteiger partial charge is 0.262 e. The van der Waals surface area contributed by atoms with Gasteiger partial charge in [0.1, 0.15) is 10.6 Å². The Morgan fingerprint density at radius 2 is 2.00 bits per heavy atom. The highest BCUT2D eigenvalue weighted by Crippen LogP contribution is 2.31. The Kier molecular flexibility index (Phi) is 7.74. The SMILES string of the molecule is C[C@H](Nc1cc(Cl)cnc1Br)c1ccc(C(=O)N[C@@H](CC2CCCC2)C(=O)NC2CC2)s1. The molecule has 32 heavy (non-hydrogen) atoms. The third-order valence-electron chi connectivity index (χ3n) is 6.04. The minimum Gasteiger partial charge on any atom is -0.375 e. The molecule has 172 valence electrons. The summed E-state index contributed by atoms with van der Waals surface area (Å²) in [6.07, 6.45) is 9.08. The van der Waals surface area contributed by atoms with Crippen LogP contribution < -0.4 is 16.0 Å². The highest BCUT2D eigenvalue weighted by molar-refractivity contribution is 9.10. The molecule has 2 aromatic rings. The summed E-state index contributed by atoms with van der Waals surface area (Å²) in [6, 6.07) is 5.35. The second-order valence-corrected chi connectivity index (χ2v) is 11.1. The number of thiophene rings is 1. The van der Waals surface area contributed by atoms with E-state index < -0.39 is 6.04 Å². The van der Waals surface area contributed by atoms with E-state index in [2.05, 4.69) is 36.9 Å². The Bertz CT molecular complexity index is 975. The van der Waals surface area contributed by atoms with Gasteiger partial charge in [-0.15, -0.1) is 11.3 Å². The average Bonchev–Trinajstić information content (AvgIpc) is 3.22. The van der Waals surface area contributed by atoms with Crippen LogP contribution in [0.25, 0.3) is 0 Å². The molecule has 0 unspecified atom stereocenters. The first-order chi connectivity index (χ1) is 15.4. The minimum atomic E-state index is -0.471. The van der Waals surface area contributed by atoms with Crippen molar-refractivity contribution >= 4 is 56.4 Å². The van der Waals surface area contributed by atoms with Crippen molar-refractivity contribution in [1.82, 2.24) is 15.6 Å². The number of halogens is 2. The lowest BCUT2D eigenvalue weighted by Crippen LogP contribution is -2.48. The van der Waals surface area contributed by atoms with Gasteiger partial charge in [-0.05, 0) is 66.2 Å². The van der Waals surface area contributed by atoms with Crippen LogP contribution in [0, 0.1) is 5.92 Å². The number of hydrogen-bond acceptors (Lipinski definition) is 5. The van der Waals surface area contributed by atoms with Crippen molar-refractivity contribution in [2.24, 2.45) is 5.92 Å². The van der Waals surface area contributed by atoms with E-state index in [1.165, 1.54) is 24.2 Å². The molecule has 0 radical (unpaired) electrons. The molecule has 2 aliphatic carbocycles. The van der Waals surface area contributed by atoms with Crippen LogP contribution >= 0.6 is 38.9 Å². The number of aromatic nitrogens is 1. The number of nitrogens with one attached hydrogen (secondary N) is 3. The van der Waals surface area contributed by atoms with Gasteiger partial charge < -0.3 is 16.0 Å². The molecule has 9 heteroatoms. The summed E-state index contributed by atoms with van der Waals surface area (Å²) in [7, 11) is 0. The van der Waals surface area contributed by atoms with Crippen LogP contribution in [0.2, 0.25) is 5.02 Å². The van der Waals surface area contributed by atoms with E-state index in [9.17, 15) is 9.59 Å². The van der Waals surface area contributed by atoms with Crippen molar-refractivity contribution in [3.63, 3.8) is 0 Å². The van der Waals surface area contributed by atoms with Crippen LogP contribution in [0.1, 0.15) is 72.5 Å². The molecule has 2 aromatic heterocycles. The number of hydrogen-bond donors (Lipinski definition) is 3. The van der Waals surface area contributed by atoms with Gasteiger partial charge in [0.05, 0.1) is 21.6 Å². The van der Waals surface area contributed by atoms with Gasteiger partial charge in [0.15, 0.2) is 0 Å². The standard InChI is InChI=1S/C23H28BrClN4O2S/c1-13(27-17-11-15(25)12-26-21(17)24)19-8-9-20(32-19)23(31)29-18(10-14-4-2-3-5-14)22(30)28-16-6-7-16/h8-9,11-14,16,18,27H,2-7,10H2,1H3,(H,28,30)(H,29,31)/t13-,18-/m0/s1. The maximum Gasteiger partial charge on any atom is 0.262 e. The summed E-state index contributed by atoms with van der Waals surface area (Å²) >= 11 is 10.9. The highest BCUT2D eigenvalue weighted by atomic mass is 79.9. The average molecular weight is 540 g/mol. The number of amides is 2. The maximum absolute atomic E-state index is 13.0. The van der Waals surface area contributed by atoms with Gasteiger partial charge in [-0.1, -0.05) is 37.3 Å². The number of carbonyl (C=O) groups is 2. The number of nitrogens with zero attached hydrogens (tertiary/aromatic N) is 1. The number of carbonyl (C=O) groups excluding carboxylic acids is 2. The van der Waals surface area contributed by atoms with E-state index in [-0.39, 0.29) is 23.9 Å². The van der Waals surface area contributed by atoms with Crippen LogP contribution in [-0.2, 0) is 4.79 Å². The Balaban J connectivity index is 1.40. The number of anilines is 1. The molecule has 0 bridgehead atoms. The third kappa shape index (κ3) is 6.23. The zero-order valence-electron chi connectivity index (χ0n) is 18.0. The molecule has 2 saturated carbocycles. The lowest BCUT2D eigenvalue weighted by atomic mass is 9.97. The third-order valence-corrected chi connectivity index (χ3v) is 8.15. The summed E-state index contributed by atoms with van der Waals surface area (Å²) in [5.41, 5.74) is 0.790. The van der Waals surface area contributed by atoms with Crippen LogP contribution in [0.4, 0.5) is 5.69 Å². The first kappa shape index (κ1) is 23.5. The predicted octanol–water partition coefficient (Wildman–Crippen LogP) is 5.69. The lowest BCUT2D eigenvalue weighted by Gasteiger charge is -2.21. The summed E-state index contributed by atoms with van der Waals surface area (Å²) < 4.78 is 0.680. The van der Waals surface area contributed by atoms with Gasteiger partial charge in [0.25, 0.3) is 5.91 Å². The number of rotatable bonds is 9. The fraction of sp³-hybridized carbons (Fsp3) is 0.522. The molecular weight excluding hydrogens is 512 g/mol. The van der Waals surface area contributed by atoms with Crippen LogP contribution in [0.5, 0.6) is 0 Å². The van der Waals surface area contributed by atoms with E-state index in [0.29, 0.717) is 20.4 Å². The molecule has 0 aromatic carbocycles. The maximum atomic E-state index is 13.0. The van der Waals surface area contributed by atoms with Gasteiger partial charge in [-0.2, -0.15) is 0 Å². The van der Waals surface area contributed by atoms with Crippen molar-refractivity contribution in [3.8, 4) is 0 Å². The molecule has 2 atom stereocenters. The Morgan fingerprint density at radius 1 is 1.25 bits per heavy atom. The molecule has 4 rings (SSSR count). The fourth-order valence-electron chi connectivity index (χ4n) is 4.11. The van der Waals surface area contributed by atoms with Gasteiger partial charge in [-0.3, -0.25) is 9.59 Å².